The van der Waals surface area contributed by atoms with E-state index in [4.69, 9.17) is 4.74 Å². The lowest BCUT2D eigenvalue weighted by Crippen LogP contribution is -2.38. The Labute approximate surface area is 195 Å². The molecule has 0 aliphatic heterocycles. The average molecular weight is 497 g/mol. The fourth-order valence-corrected chi connectivity index (χ4v) is 3.47. The van der Waals surface area contributed by atoms with Gasteiger partial charge in [-0.05, 0) is 48.9 Å². The molecule has 3 aromatic carbocycles. The second-order valence-electron chi connectivity index (χ2n) is 6.86. The van der Waals surface area contributed by atoms with E-state index in [1.165, 1.54) is 0 Å². The van der Waals surface area contributed by atoms with Gasteiger partial charge in [0.05, 0.1) is 12.8 Å². The lowest BCUT2D eigenvalue weighted by molar-refractivity contribution is 0.252. The summed E-state index contributed by atoms with van der Waals surface area (Å²) < 4.78 is 6.21. The van der Waals surface area contributed by atoms with E-state index in [-0.39, 0.29) is 12.1 Å². The first kappa shape index (κ1) is 23.1. The summed E-state index contributed by atoms with van der Waals surface area (Å²) in [7, 11) is 1.56. The smallest absolute Gasteiger partial charge is 0.326 e. The summed E-state index contributed by atoms with van der Waals surface area (Å²) in [6.07, 6.45) is 0.570. The number of carbonyl (C=O) groups excluding carboxylic acids is 2. The number of urea groups is 2. The zero-order valence-electron chi connectivity index (χ0n) is 17.7. The van der Waals surface area contributed by atoms with Gasteiger partial charge in [-0.2, -0.15) is 0 Å². The molecule has 0 saturated carbocycles. The zero-order chi connectivity index (χ0) is 22.8. The van der Waals surface area contributed by atoms with E-state index in [2.05, 4.69) is 31.9 Å². The van der Waals surface area contributed by atoms with Crippen molar-refractivity contribution in [2.45, 2.75) is 6.42 Å². The highest BCUT2D eigenvalue weighted by molar-refractivity contribution is 9.10. The highest BCUT2D eigenvalue weighted by atomic mass is 79.9. The summed E-state index contributed by atoms with van der Waals surface area (Å²) in [4.78, 5) is 26.8. The molecule has 32 heavy (non-hydrogen) atoms. The Morgan fingerprint density at radius 1 is 0.938 bits per heavy atom. The van der Waals surface area contributed by atoms with Crippen molar-refractivity contribution in [3.05, 3.63) is 83.3 Å². The van der Waals surface area contributed by atoms with Crippen LogP contribution in [0, 0.1) is 0 Å². The van der Waals surface area contributed by atoms with Crippen LogP contribution in [0.1, 0.15) is 6.42 Å². The minimum atomic E-state index is -0.298. The molecule has 7 nitrogen and oxygen atoms in total. The monoisotopic (exact) mass is 496 g/mol. The molecule has 0 radical (unpaired) electrons. The number of methoxy groups -OCH3 is 1. The molecule has 166 valence electrons. The van der Waals surface area contributed by atoms with E-state index >= 15 is 0 Å². The van der Waals surface area contributed by atoms with Crippen LogP contribution in [-0.4, -0.2) is 32.3 Å². The van der Waals surface area contributed by atoms with E-state index in [1.807, 2.05) is 66.7 Å². The van der Waals surface area contributed by atoms with Gasteiger partial charge in [0.1, 0.15) is 5.75 Å². The lowest BCUT2D eigenvalue weighted by Gasteiger charge is -2.24. The molecule has 4 amide bonds. The van der Waals surface area contributed by atoms with Crippen molar-refractivity contribution in [3.63, 3.8) is 0 Å². The number of hydrogen-bond donors (Lipinski definition) is 3. The average Bonchev–Trinajstić information content (AvgIpc) is 2.80. The largest absolute Gasteiger partial charge is 0.495 e. The summed E-state index contributed by atoms with van der Waals surface area (Å²) >= 11 is 3.38. The third-order valence-corrected chi connectivity index (χ3v) is 5.08. The van der Waals surface area contributed by atoms with E-state index in [1.54, 1.807) is 24.1 Å². The van der Waals surface area contributed by atoms with Crippen molar-refractivity contribution in [1.82, 2.24) is 5.32 Å². The van der Waals surface area contributed by atoms with Crippen molar-refractivity contribution in [2.24, 2.45) is 0 Å². The summed E-state index contributed by atoms with van der Waals surface area (Å²) in [5.41, 5.74) is 2.05. The Hall–Kier alpha value is -3.52. The van der Waals surface area contributed by atoms with E-state index in [0.717, 1.165) is 10.2 Å². The molecule has 0 bridgehead atoms. The quantitative estimate of drug-likeness (QED) is 0.349. The number of nitrogens with zero attached hydrogens (tertiary/aromatic N) is 1. The zero-order valence-corrected chi connectivity index (χ0v) is 19.3. The van der Waals surface area contributed by atoms with Gasteiger partial charge in [0.25, 0.3) is 0 Å². The van der Waals surface area contributed by atoms with Gasteiger partial charge in [-0.1, -0.05) is 52.3 Å². The van der Waals surface area contributed by atoms with Crippen molar-refractivity contribution in [1.29, 1.82) is 0 Å². The summed E-state index contributed by atoms with van der Waals surface area (Å²) in [6, 6.07) is 23.4. The Morgan fingerprint density at radius 3 is 2.44 bits per heavy atom. The molecular formula is C24H25BrN4O3. The molecule has 3 aromatic rings. The number of amides is 4. The number of carbonyl (C=O) groups is 2. The highest BCUT2D eigenvalue weighted by Crippen LogP contribution is 2.24. The van der Waals surface area contributed by atoms with Crippen LogP contribution < -0.4 is 25.6 Å². The standard InChI is InChI=1S/C24H25BrN4O3/c1-32-22-14-6-5-13-21(22)28-24(31)29(20-11-3-2-4-12-20)16-8-15-26-23(30)27-19-10-7-9-18(25)17-19/h2-7,9-14,17H,8,15-16H2,1H3,(H,28,31)(H2,26,27,30). The molecule has 0 aromatic heterocycles. The summed E-state index contributed by atoms with van der Waals surface area (Å²) in [5.74, 6) is 0.583. The Morgan fingerprint density at radius 2 is 1.69 bits per heavy atom. The first-order valence-electron chi connectivity index (χ1n) is 10.1. The fourth-order valence-electron chi connectivity index (χ4n) is 3.07. The van der Waals surface area contributed by atoms with E-state index < -0.39 is 0 Å². The van der Waals surface area contributed by atoms with Crippen LogP contribution in [0.3, 0.4) is 0 Å². The lowest BCUT2D eigenvalue weighted by atomic mass is 10.2. The Bertz CT molecular complexity index is 1050. The van der Waals surface area contributed by atoms with E-state index in [9.17, 15) is 9.59 Å². The second kappa shape index (κ2) is 11.8. The predicted molar refractivity (Wildman–Crippen MR) is 132 cm³/mol. The molecule has 3 N–H and O–H groups in total. The minimum Gasteiger partial charge on any atom is -0.495 e. The molecule has 0 heterocycles. The molecule has 0 spiro atoms. The summed E-state index contributed by atoms with van der Waals surface area (Å²) in [6.45, 7) is 0.827. The number of ether oxygens (including phenoxy) is 1. The van der Waals surface area contributed by atoms with Gasteiger partial charge in [-0.15, -0.1) is 0 Å². The Balaban J connectivity index is 1.58. The molecular weight excluding hydrogens is 472 g/mol. The molecule has 0 unspecified atom stereocenters. The molecule has 0 atom stereocenters. The first-order valence-corrected chi connectivity index (χ1v) is 10.9. The summed E-state index contributed by atoms with van der Waals surface area (Å²) in [5, 5.41) is 8.51. The number of rotatable bonds is 8. The van der Waals surface area contributed by atoms with Crippen molar-refractivity contribution in [3.8, 4) is 5.75 Å². The molecule has 0 fully saturated rings. The first-order chi connectivity index (χ1) is 15.6. The number of anilines is 3. The topological polar surface area (TPSA) is 82.7 Å². The highest BCUT2D eigenvalue weighted by Gasteiger charge is 2.17. The fraction of sp³-hybridized carbons (Fsp3) is 0.167. The van der Waals surface area contributed by atoms with Crippen LogP contribution in [-0.2, 0) is 0 Å². The van der Waals surface area contributed by atoms with Crippen LogP contribution in [0.4, 0.5) is 26.7 Å². The van der Waals surface area contributed by atoms with Crippen LogP contribution in [0.25, 0.3) is 0 Å². The third kappa shape index (κ3) is 6.75. The maximum atomic E-state index is 13.0. The maximum absolute atomic E-state index is 13.0. The van der Waals surface area contributed by atoms with Crippen LogP contribution in [0.15, 0.2) is 83.3 Å². The predicted octanol–water partition coefficient (Wildman–Crippen LogP) is 5.71. The van der Waals surface area contributed by atoms with Crippen LogP contribution in [0.2, 0.25) is 0 Å². The normalized spacial score (nSPS) is 10.2. The third-order valence-electron chi connectivity index (χ3n) is 4.59. The number of benzene rings is 3. The maximum Gasteiger partial charge on any atom is 0.326 e. The number of nitrogens with one attached hydrogen (secondary N) is 3. The van der Waals surface area contributed by atoms with Gasteiger partial charge < -0.3 is 20.7 Å². The minimum absolute atomic E-state index is 0.278. The molecule has 0 aliphatic rings. The molecule has 8 heteroatoms. The van der Waals surface area contributed by atoms with Crippen molar-refractivity contribution < 1.29 is 14.3 Å². The van der Waals surface area contributed by atoms with Gasteiger partial charge in [0.15, 0.2) is 0 Å². The van der Waals surface area contributed by atoms with Crippen LogP contribution in [0.5, 0.6) is 5.75 Å². The second-order valence-corrected chi connectivity index (χ2v) is 7.78. The molecule has 0 aliphatic carbocycles. The van der Waals surface area contributed by atoms with Gasteiger partial charge in [0.2, 0.25) is 0 Å². The number of halogens is 1. The number of para-hydroxylation sites is 3. The molecule has 0 saturated heterocycles. The molecule has 3 rings (SSSR count). The van der Waals surface area contributed by atoms with E-state index in [0.29, 0.717) is 36.6 Å². The van der Waals surface area contributed by atoms with Crippen molar-refractivity contribution >= 4 is 45.1 Å². The van der Waals surface area contributed by atoms with Crippen molar-refractivity contribution in [2.75, 3.05) is 35.7 Å². The Kier molecular flexibility index (Phi) is 8.51. The SMILES string of the molecule is COc1ccccc1NC(=O)N(CCCNC(=O)Nc1cccc(Br)c1)c1ccccc1. The van der Waals surface area contributed by atoms with Gasteiger partial charge in [-0.3, -0.25) is 4.90 Å². The van der Waals surface area contributed by atoms with Gasteiger partial charge in [0, 0.05) is 28.9 Å². The van der Waals surface area contributed by atoms with Gasteiger partial charge in [-0.25, -0.2) is 9.59 Å². The number of hydrogen-bond acceptors (Lipinski definition) is 3. The van der Waals surface area contributed by atoms with Gasteiger partial charge >= 0.3 is 12.1 Å². The van der Waals surface area contributed by atoms with Crippen LogP contribution >= 0.6 is 15.9 Å².